The van der Waals surface area contributed by atoms with Gasteiger partial charge in [-0.15, -0.1) is 4.28 Å². The van der Waals surface area contributed by atoms with Crippen molar-refractivity contribution in [1.82, 2.24) is 24.8 Å². The predicted octanol–water partition coefficient (Wildman–Crippen LogP) is -2.07. The number of hydrogen-bond acceptors (Lipinski definition) is 10. The second kappa shape index (κ2) is 6.53. The molecule has 1 aromatic rings. The molecule has 0 unspecified atom stereocenters. The number of amides is 2. The Bertz CT molecular complexity index is 1050. The van der Waals surface area contributed by atoms with Crippen LogP contribution in [-0.2, 0) is 36.4 Å². The SMILES string of the molecule is CN(N)/C(=N\OS(=O)(=O)O)[C@@H]1c2c(cnn2C)[C@@H]2CN1C(=O)N2OS(=O)(=O)O. The largest absolute Gasteiger partial charge is 0.466 e. The summed E-state index contributed by atoms with van der Waals surface area (Å²) in [6.45, 7) is -0.129. The van der Waals surface area contributed by atoms with Crippen molar-refractivity contribution in [2.24, 2.45) is 18.0 Å². The number of aromatic nitrogens is 2. The van der Waals surface area contributed by atoms with Gasteiger partial charge in [0.15, 0.2) is 5.84 Å². The molecule has 2 aliphatic rings. The minimum Gasteiger partial charge on any atom is -0.304 e. The van der Waals surface area contributed by atoms with E-state index >= 15 is 0 Å². The average Bonchev–Trinajstić information content (AvgIpc) is 3.02. The molecule has 156 valence electrons. The van der Waals surface area contributed by atoms with Crippen LogP contribution >= 0.6 is 0 Å². The monoisotopic (exact) mass is 441 g/mol. The number of urea groups is 1. The van der Waals surface area contributed by atoms with Crippen LogP contribution in [0.1, 0.15) is 23.3 Å². The third-order valence-corrected chi connectivity index (χ3v) is 4.65. The van der Waals surface area contributed by atoms with Crippen LogP contribution in [0.25, 0.3) is 0 Å². The zero-order valence-electron chi connectivity index (χ0n) is 14.3. The van der Waals surface area contributed by atoms with E-state index in [4.69, 9.17) is 14.9 Å². The molecule has 0 spiro atoms. The second-order valence-electron chi connectivity index (χ2n) is 5.85. The number of carbonyl (C=O) groups excluding carboxylic acids is 1. The van der Waals surface area contributed by atoms with E-state index in [0.717, 1.165) is 9.91 Å². The third kappa shape index (κ3) is 3.59. The Balaban J connectivity index is 2.13. The normalized spacial score (nSPS) is 22.5. The maximum atomic E-state index is 12.7. The van der Waals surface area contributed by atoms with Gasteiger partial charge in [0, 0.05) is 19.7 Å². The van der Waals surface area contributed by atoms with Crippen molar-refractivity contribution in [3.8, 4) is 0 Å². The van der Waals surface area contributed by atoms with Crippen molar-refractivity contribution >= 4 is 32.7 Å². The van der Waals surface area contributed by atoms with Crippen molar-refractivity contribution in [2.75, 3.05) is 13.6 Å². The number of amidine groups is 1. The van der Waals surface area contributed by atoms with Crippen LogP contribution in [0, 0.1) is 0 Å². The minimum atomic E-state index is -5.01. The highest BCUT2D eigenvalue weighted by atomic mass is 32.3. The first-order valence-corrected chi connectivity index (χ1v) is 10.0. The van der Waals surface area contributed by atoms with Crippen LogP contribution in [0.15, 0.2) is 11.4 Å². The number of hydrazine groups is 1. The van der Waals surface area contributed by atoms with Crippen LogP contribution < -0.4 is 5.84 Å². The van der Waals surface area contributed by atoms with Gasteiger partial charge in [-0.25, -0.2) is 14.9 Å². The summed E-state index contributed by atoms with van der Waals surface area (Å²) in [5.41, 5.74) is 0.626. The van der Waals surface area contributed by atoms with E-state index in [1.807, 2.05) is 0 Å². The van der Waals surface area contributed by atoms with Crippen LogP contribution in [0.3, 0.4) is 0 Å². The highest BCUT2D eigenvalue weighted by Crippen LogP contribution is 2.44. The number of nitrogens with zero attached hydrogens (tertiary/aromatic N) is 6. The smallest absolute Gasteiger partial charge is 0.304 e. The van der Waals surface area contributed by atoms with Gasteiger partial charge in [-0.05, 0) is 5.16 Å². The number of rotatable bonds is 5. The molecule has 1 aromatic heterocycles. The van der Waals surface area contributed by atoms with Crippen molar-refractivity contribution < 1.29 is 39.3 Å². The first-order chi connectivity index (χ1) is 12.8. The molecule has 2 atom stereocenters. The lowest BCUT2D eigenvalue weighted by Crippen LogP contribution is -2.47. The molecule has 18 heteroatoms. The van der Waals surface area contributed by atoms with Gasteiger partial charge >= 0.3 is 26.8 Å². The van der Waals surface area contributed by atoms with Crippen molar-refractivity contribution in [3.63, 3.8) is 0 Å². The van der Waals surface area contributed by atoms with Crippen LogP contribution in [0.5, 0.6) is 0 Å². The fourth-order valence-electron chi connectivity index (χ4n) is 3.08. The molecule has 2 bridgehead atoms. The molecular formula is C10H15N7O9S2. The fourth-order valence-corrected chi connectivity index (χ4v) is 3.62. The number of oxime groups is 1. The third-order valence-electron chi connectivity index (χ3n) is 4.04. The summed E-state index contributed by atoms with van der Waals surface area (Å²) >= 11 is 0. The van der Waals surface area contributed by atoms with Crippen LogP contribution in [0.4, 0.5) is 4.79 Å². The van der Waals surface area contributed by atoms with Crippen molar-refractivity contribution in [2.45, 2.75) is 12.1 Å². The molecule has 1 fully saturated rings. The molecule has 2 amide bonds. The quantitative estimate of drug-likeness (QED) is 0.148. The zero-order valence-corrected chi connectivity index (χ0v) is 15.9. The molecule has 1 saturated heterocycles. The van der Waals surface area contributed by atoms with E-state index < -0.39 is 38.9 Å². The Morgan fingerprint density at radius 3 is 2.54 bits per heavy atom. The summed E-state index contributed by atoms with van der Waals surface area (Å²) in [7, 11) is -7.21. The fraction of sp³-hybridized carbons (Fsp3) is 0.500. The van der Waals surface area contributed by atoms with E-state index in [1.165, 1.54) is 25.0 Å². The Kier molecular flexibility index (Phi) is 4.72. The van der Waals surface area contributed by atoms with Gasteiger partial charge in [0.25, 0.3) is 0 Å². The number of hydrogen-bond donors (Lipinski definition) is 3. The Hall–Kier alpha value is -2.51. The van der Waals surface area contributed by atoms with Gasteiger partial charge in [0.2, 0.25) is 0 Å². The second-order valence-corrected chi connectivity index (χ2v) is 7.86. The lowest BCUT2D eigenvalue weighted by Gasteiger charge is -2.33. The van der Waals surface area contributed by atoms with Gasteiger partial charge in [0.1, 0.15) is 12.1 Å². The summed E-state index contributed by atoms with van der Waals surface area (Å²) < 4.78 is 71.4. The number of fused-ring (bicyclic) bond motifs is 4. The number of hydroxylamine groups is 2. The summed E-state index contributed by atoms with van der Waals surface area (Å²) in [5, 5.41) is 8.62. The Morgan fingerprint density at radius 1 is 1.36 bits per heavy atom. The van der Waals surface area contributed by atoms with Gasteiger partial charge in [0.05, 0.1) is 18.4 Å². The summed E-state index contributed by atoms with van der Waals surface area (Å²) in [5.74, 6) is 5.35. The molecule has 2 aliphatic heterocycles. The van der Waals surface area contributed by atoms with E-state index in [9.17, 15) is 21.6 Å². The highest BCUT2D eigenvalue weighted by Gasteiger charge is 2.53. The first kappa shape index (κ1) is 20.2. The number of aryl methyl sites for hydroxylation is 1. The molecule has 28 heavy (non-hydrogen) atoms. The first-order valence-electron chi connectivity index (χ1n) is 7.31. The van der Waals surface area contributed by atoms with Gasteiger partial charge in [-0.3, -0.25) is 18.8 Å². The predicted molar refractivity (Wildman–Crippen MR) is 87.3 cm³/mol. The van der Waals surface area contributed by atoms with Crippen LogP contribution in [-0.4, -0.2) is 76.2 Å². The molecule has 0 aliphatic carbocycles. The molecule has 16 nitrogen and oxygen atoms in total. The van der Waals surface area contributed by atoms with Crippen LogP contribution in [0.2, 0.25) is 0 Å². The molecule has 3 heterocycles. The van der Waals surface area contributed by atoms with Gasteiger partial charge < -0.3 is 4.90 Å². The Morgan fingerprint density at radius 2 is 2.00 bits per heavy atom. The Labute approximate surface area is 158 Å². The van der Waals surface area contributed by atoms with Gasteiger partial charge in [-0.1, -0.05) is 0 Å². The topological polar surface area (TPSA) is 210 Å². The molecule has 0 aromatic carbocycles. The minimum absolute atomic E-state index is 0.129. The number of nitrogens with two attached hydrogens (primary N) is 1. The van der Waals surface area contributed by atoms with E-state index in [2.05, 4.69) is 18.8 Å². The van der Waals surface area contributed by atoms with Gasteiger partial charge in [-0.2, -0.15) is 27.0 Å². The standard InChI is InChI=1S/C10H15N7O9S2/c1-14(11)9(13-25-27(19,20)21)8-7-5(3-12-15(7)2)6-4-16(8)10(18)17(6)26-28(22,23)24/h3,6,8H,4,11H2,1-2H3,(H,19,20,21)(H,22,23,24)/b13-9-/t6-,8-/m0/s1. The zero-order chi connectivity index (χ0) is 21.0. The maximum absolute atomic E-state index is 12.7. The average molecular weight is 441 g/mol. The van der Waals surface area contributed by atoms with E-state index in [-0.39, 0.29) is 12.4 Å². The molecule has 0 saturated carbocycles. The molecule has 3 rings (SSSR count). The maximum Gasteiger partial charge on any atom is 0.466 e. The summed E-state index contributed by atoms with van der Waals surface area (Å²) in [6, 6.07) is -3.11. The summed E-state index contributed by atoms with van der Waals surface area (Å²) in [4.78, 5) is 13.7. The van der Waals surface area contributed by atoms with E-state index in [0.29, 0.717) is 16.3 Å². The lowest BCUT2D eigenvalue weighted by molar-refractivity contribution is -0.0316. The lowest BCUT2D eigenvalue weighted by atomic mass is 9.97. The number of likely N-dealkylation sites (N-methyl/N-ethyl adjacent to an activating group) is 1. The highest BCUT2D eigenvalue weighted by molar-refractivity contribution is 7.81. The van der Waals surface area contributed by atoms with E-state index in [1.54, 1.807) is 0 Å². The number of carbonyl (C=O) groups is 1. The molecular weight excluding hydrogens is 426 g/mol. The molecule has 0 radical (unpaired) electrons. The van der Waals surface area contributed by atoms with Crippen molar-refractivity contribution in [3.05, 3.63) is 17.5 Å². The van der Waals surface area contributed by atoms with Crippen molar-refractivity contribution in [1.29, 1.82) is 0 Å². The molecule has 4 N–H and O–H groups in total. The summed E-state index contributed by atoms with van der Waals surface area (Å²) in [6.07, 6.45) is 1.33.